The summed E-state index contributed by atoms with van der Waals surface area (Å²) in [5, 5.41) is 12.3. The van der Waals surface area contributed by atoms with Crippen LogP contribution in [0.4, 0.5) is 0 Å². The minimum absolute atomic E-state index is 0.00474. The van der Waals surface area contributed by atoms with Crippen molar-refractivity contribution in [1.29, 1.82) is 0 Å². The summed E-state index contributed by atoms with van der Waals surface area (Å²) in [7, 11) is 4.33. The average molecular weight is 512 g/mol. The zero-order chi connectivity index (χ0) is 27.4. The van der Waals surface area contributed by atoms with Gasteiger partial charge < -0.3 is 9.94 Å². The minimum atomic E-state index is -0.0563. The van der Waals surface area contributed by atoms with Gasteiger partial charge in [0.05, 0.1) is 0 Å². The van der Waals surface area contributed by atoms with Crippen LogP contribution in [0.25, 0.3) is 0 Å². The third-order valence-corrected chi connectivity index (χ3v) is 9.15. The molecule has 2 fully saturated rings. The fourth-order valence-electron chi connectivity index (χ4n) is 6.46. The van der Waals surface area contributed by atoms with E-state index >= 15 is 0 Å². The summed E-state index contributed by atoms with van der Waals surface area (Å²) >= 11 is 0. The van der Waals surface area contributed by atoms with E-state index in [4.69, 9.17) is 9.57 Å². The van der Waals surface area contributed by atoms with E-state index in [1.54, 1.807) is 0 Å². The number of hydrogen-bond donors (Lipinski definition) is 1. The van der Waals surface area contributed by atoms with E-state index in [1.807, 2.05) is 0 Å². The number of hydroxylamine groups is 2. The summed E-state index contributed by atoms with van der Waals surface area (Å²) in [5.41, 5.74) is 0.109. The van der Waals surface area contributed by atoms with Gasteiger partial charge in [0, 0.05) is 41.4 Å². The van der Waals surface area contributed by atoms with E-state index in [0.717, 1.165) is 64.2 Å². The number of rotatable bonds is 12. The molecule has 1 unspecified atom stereocenters. The minimum Gasteiger partial charge on any atom is -0.600 e. The van der Waals surface area contributed by atoms with Crippen molar-refractivity contribution in [2.75, 3.05) is 20.6 Å². The third-order valence-electron chi connectivity index (χ3n) is 9.15. The highest BCUT2D eigenvalue weighted by Crippen LogP contribution is 2.39. The fraction of sp³-hybridized carbons (Fsp3) is 0.966. The molecule has 2 saturated heterocycles. The Labute approximate surface area is 221 Å². The summed E-state index contributed by atoms with van der Waals surface area (Å²) in [6.07, 6.45) is 10.0. The van der Waals surface area contributed by atoms with Crippen molar-refractivity contribution in [2.24, 2.45) is 0 Å². The van der Waals surface area contributed by atoms with Gasteiger partial charge in [0.15, 0.2) is 0 Å². The first kappa shape index (κ1) is 31.5. The summed E-state index contributed by atoms with van der Waals surface area (Å²) < 4.78 is 5.86. The second-order valence-corrected chi connectivity index (χ2v) is 14.0. The van der Waals surface area contributed by atoms with Crippen molar-refractivity contribution in [2.45, 2.75) is 160 Å². The Bertz CT molecular complexity index is 671. The predicted molar refractivity (Wildman–Crippen MR) is 147 cm³/mol. The van der Waals surface area contributed by atoms with Crippen LogP contribution in [0.1, 0.15) is 126 Å². The van der Waals surface area contributed by atoms with E-state index in [2.05, 4.69) is 79.3 Å². The van der Waals surface area contributed by atoms with Gasteiger partial charge >= 0.3 is 5.97 Å². The highest BCUT2D eigenvalue weighted by Gasteiger charge is 2.45. The van der Waals surface area contributed by atoms with Crippen molar-refractivity contribution in [1.82, 2.24) is 9.80 Å². The molecule has 0 aromatic heterocycles. The van der Waals surface area contributed by atoms with Crippen molar-refractivity contribution >= 4 is 5.97 Å². The maximum Gasteiger partial charge on any atom is 0.306 e. The van der Waals surface area contributed by atoms with Crippen LogP contribution in [0.15, 0.2) is 0 Å². The number of carbonyl (C=O) groups is 1. The Hall–Kier alpha value is -0.730. The molecule has 0 aromatic carbocycles. The van der Waals surface area contributed by atoms with E-state index in [1.165, 1.54) is 0 Å². The fourth-order valence-corrected chi connectivity index (χ4v) is 6.46. The normalized spacial score (nSPS) is 25.5. The lowest BCUT2D eigenvalue weighted by Crippen LogP contribution is -3.07. The highest BCUT2D eigenvalue weighted by molar-refractivity contribution is 5.69. The van der Waals surface area contributed by atoms with Gasteiger partial charge in [0.2, 0.25) is 0 Å². The number of esters is 1. The van der Waals surface area contributed by atoms with E-state index in [9.17, 15) is 10.0 Å². The Morgan fingerprint density at radius 2 is 1.11 bits per heavy atom. The number of carbonyl (C=O) groups excluding carboxylic acids is 1. The molecule has 0 radical (unpaired) electrons. The topological polar surface area (TPSA) is 69.5 Å². The Balaban J connectivity index is 1.54. The molecule has 0 saturated carbocycles. The number of quaternary nitrogens is 1. The highest BCUT2D eigenvalue weighted by atomic mass is 16.9. The van der Waals surface area contributed by atoms with Crippen LogP contribution in [0.5, 0.6) is 0 Å². The standard InChI is InChI=1S/C29H57N3O4/c1-26(2)19-23(20-27(3,4)30(26)9)35-25(33)17-15-13-11-12-14-16-18-32(34)36-24-21-28(5,6)31(10)29(7,8)22-24/h23-24,32H,11-22H2,1-10H3. The molecular weight excluding hydrogens is 454 g/mol. The molecule has 2 heterocycles. The van der Waals surface area contributed by atoms with Crippen LogP contribution in [0.3, 0.4) is 0 Å². The van der Waals surface area contributed by atoms with Crippen LogP contribution in [0.2, 0.25) is 0 Å². The molecule has 7 nitrogen and oxygen atoms in total. The van der Waals surface area contributed by atoms with Gasteiger partial charge in [0.25, 0.3) is 0 Å². The smallest absolute Gasteiger partial charge is 0.306 e. The molecule has 0 spiro atoms. The van der Waals surface area contributed by atoms with Crippen molar-refractivity contribution in [3.63, 3.8) is 0 Å². The van der Waals surface area contributed by atoms with Crippen LogP contribution < -0.4 is 5.23 Å². The number of hydrogen-bond acceptors (Lipinski definition) is 6. The van der Waals surface area contributed by atoms with Crippen LogP contribution >= 0.6 is 0 Å². The van der Waals surface area contributed by atoms with E-state index < -0.39 is 0 Å². The molecule has 7 heteroatoms. The SMILES string of the molecule is CN1C(C)(C)CC(OC(=O)CCCCCCCC[NH+]([O-])OC2CC(C)(C)N(C)C(C)(C)C2)CC1(C)C. The molecule has 1 atom stereocenters. The monoisotopic (exact) mass is 511 g/mol. The zero-order valence-electron chi connectivity index (χ0n) is 25.2. The maximum absolute atomic E-state index is 12.4. The number of nitrogens with one attached hydrogen (secondary N) is 1. The Kier molecular flexibility index (Phi) is 10.9. The van der Waals surface area contributed by atoms with Gasteiger partial charge in [-0.25, -0.2) is 10.1 Å². The van der Waals surface area contributed by atoms with Crippen LogP contribution in [-0.4, -0.2) is 70.8 Å². The van der Waals surface area contributed by atoms with Gasteiger partial charge in [0.1, 0.15) is 18.8 Å². The first-order valence-corrected chi connectivity index (χ1v) is 14.3. The molecule has 0 aliphatic carbocycles. The molecule has 1 N–H and O–H groups in total. The van der Waals surface area contributed by atoms with Crippen molar-refractivity contribution < 1.29 is 19.6 Å². The Morgan fingerprint density at radius 1 is 0.722 bits per heavy atom. The first-order chi connectivity index (χ1) is 16.5. The molecule has 0 amide bonds. The van der Waals surface area contributed by atoms with Gasteiger partial charge in [-0.05, 0) is 102 Å². The first-order valence-electron chi connectivity index (χ1n) is 14.3. The predicted octanol–water partition coefficient (Wildman–Crippen LogP) is 4.88. The molecule has 0 aromatic rings. The molecule has 2 rings (SSSR count). The number of nitrogens with zero attached hydrogens (tertiary/aromatic N) is 2. The molecule has 212 valence electrons. The number of ether oxygens (including phenoxy) is 1. The molecule has 2 aliphatic heterocycles. The lowest BCUT2D eigenvalue weighted by molar-refractivity contribution is -1.06. The molecule has 36 heavy (non-hydrogen) atoms. The summed E-state index contributed by atoms with van der Waals surface area (Å²) in [4.78, 5) is 23.1. The quantitative estimate of drug-likeness (QED) is 0.229. The van der Waals surface area contributed by atoms with Gasteiger partial charge in [-0.2, -0.15) is 0 Å². The zero-order valence-corrected chi connectivity index (χ0v) is 25.2. The average Bonchev–Trinajstić information content (AvgIpc) is 2.71. The molecule has 0 bridgehead atoms. The van der Waals surface area contributed by atoms with Gasteiger partial charge in [-0.15, -0.1) is 0 Å². The molecular formula is C29H57N3O4. The largest absolute Gasteiger partial charge is 0.600 e. The summed E-state index contributed by atoms with van der Waals surface area (Å²) in [5.74, 6) is -0.0563. The van der Waals surface area contributed by atoms with Gasteiger partial charge in [-0.3, -0.25) is 14.6 Å². The lowest BCUT2D eigenvalue weighted by atomic mass is 9.79. The van der Waals surface area contributed by atoms with Crippen LogP contribution in [-0.2, 0) is 14.4 Å². The summed E-state index contributed by atoms with van der Waals surface area (Å²) in [6, 6.07) is 0. The molecule has 2 aliphatic rings. The maximum atomic E-state index is 12.4. The number of likely N-dealkylation sites (tertiary alicyclic amines) is 2. The van der Waals surface area contributed by atoms with E-state index in [-0.39, 0.29) is 45.6 Å². The second kappa shape index (κ2) is 12.4. The van der Waals surface area contributed by atoms with Crippen LogP contribution in [0, 0.1) is 5.21 Å². The number of unbranched alkanes of at least 4 members (excludes halogenated alkanes) is 5. The van der Waals surface area contributed by atoms with Crippen molar-refractivity contribution in [3.05, 3.63) is 5.21 Å². The Morgan fingerprint density at radius 3 is 1.58 bits per heavy atom. The number of piperidine rings is 2. The summed E-state index contributed by atoms with van der Waals surface area (Å²) in [6.45, 7) is 18.3. The second-order valence-electron chi connectivity index (χ2n) is 14.0. The van der Waals surface area contributed by atoms with E-state index in [0.29, 0.717) is 13.0 Å². The lowest BCUT2D eigenvalue weighted by Gasteiger charge is -2.53. The van der Waals surface area contributed by atoms with Crippen molar-refractivity contribution in [3.8, 4) is 0 Å². The van der Waals surface area contributed by atoms with Gasteiger partial charge in [-0.1, -0.05) is 19.3 Å². The third kappa shape index (κ3) is 8.93.